The molecule has 0 bridgehead atoms. The fourth-order valence-corrected chi connectivity index (χ4v) is 2.44. The van der Waals surface area contributed by atoms with Crippen LogP contribution in [0.2, 0.25) is 10.0 Å². The molecule has 1 nitrogen and oxygen atoms in total. The van der Waals surface area contributed by atoms with Crippen molar-refractivity contribution in [2.75, 3.05) is 0 Å². The highest BCUT2D eigenvalue weighted by Crippen LogP contribution is 2.18. The van der Waals surface area contributed by atoms with Crippen molar-refractivity contribution in [1.29, 1.82) is 0 Å². The fourth-order valence-electron chi connectivity index (χ4n) is 2.03. The highest BCUT2D eigenvalue weighted by molar-refractivity contribution is 6.31. The van der Waals surface area contributed by atoms with Crippen molar-refractivity contribution in [3.8, 4) is 0 Å². The van der Waals surface area contributed by atoms with E-state index in [4.69, 9.17) is 23.2 Å². The van der Waals surface area contributed by atoms with Crippen molar-refractivity contribution < 1.29 is 4.39 Å². The molecule has 1 N–H and O–H groups in total. The van der Waals surface area contributed by atoms with Crippen LogP contribution in [-0.2, 0) is 13.0 Å². The van der Waals surface area contributed by atoms with Crippen LogP contribution in [0.3, 0.4) is 0 Å². The summed E-state index contributed by atoms with van der Waals surface area (Å²) >= 11 is 12.0. The number of hydrogen-bond donors (Lipinski definition) is 1. The van der Waals surface area contributed by atoms with E-state index in [1.807, 2.05) is 31.2 Å². The van der Waals surface area contributed by atoms with Crippen molar-refractivity contribution >= 4 is 23.2 Å². The highest BCUT2D eigenvalue weighted by atomic mass is 35.5. The van der Waals surface area contributed by atoms with Gasteiger partial charge in [0.25, 0.3) is 0 Å². The molecule has 0 aliphatic rings. The number of benzene rings is 2. The average Bonchev–Trinajstić information content (AvgIpc) is 2.42. The van der Waals surface area contributed by atoms with Gasteiger partial charge in [-0.25, -0.2) is 4.39 Å². The first kappa shape index (κ1) is 15.3. The second kappa shape index (κ2) is 7.07. The summed E-state index contributed by atoms with van der Waals surface area (Å²) in [5, 5.41) is 4.59. The minimum atomic E-state index is -0.244. The Morgan fingerprint density at radius 1 is 1.10 bits per heavy atom. The molecule has 0 heterocycles. The van der Waals surface area contributed by atoms with E-state index in [0.29, 0.717) is 17.1 Å². The number of nitrogens with one attached hydrogen (secondary N) is 1. The quantitative estimate of drug-likeness (QED) is 0.832. The SMILES string of the molecule is CC(Cc1ccccc1Cl)NCc1cc(Cl)ccc1F. The largest absolute Gasteiger partial charge is 0.310 e. The van der Waals surface area contributed by atoms with E-state index in [0.717, 1.165) is 17.0 Å². The summed E-state index contributed by atoms with van der Waals surface area (Å²) in [5.41, 5.74) is 1.66. The number of rotatable bonds is 5. The molecule has 2 rings (SSSR count). The van der Waals surface area contributed by atoms with E-state index < -0.39 is 0 Å². The Labute approximate surface area is 128 Å². The molecule has 0 aliphatic heterocycles. The molecule has 0 saturated carbocycles. The molecule has 0 spiro atoms. The third-order valence-electron chi connectivity index (χ3n) is 3.13. The van der Waals surface area contributed by atoms with Crippen LogP contribution in [0.25, 0.3) is 0 Å². The molecule has 2 aromatic rings. The van der Waals surface area contributed by atoms with Crippen LogP contribution in [0.4, 0.5) is 4.39 Å². The Bertz CT molecular complexity index is 586. The lowest BCUT2D eigenvalue weighted by atomic mass is 10.1. The molecule has 106 valence electrons. The summed E-state index contributed by atoms with van der Waals surface area (Å²) in [5.74, 6) is -0.244. The first-order valence-corrected chi connectivity index (χ1v) is 7.22. The predicted octanol–water partition coefficient (Wildman–Crippen LogP) is 4.85. The lowest BCUT2D eigenvalue weighted by molar-refractivity contribution is 0.525. The smallest absolute Gasteiger partial charge is 0.127 e. The summed E-state index contributed by atoms with van der Waals surface area (Å²) in [6, 6.07) is 12.5. The van der Waals surface area contributed by atoms with Crippen LogP contribution < -0.4 is 5.32 Å². The Morgan fingerprint density at radius 3 is 2.60 bits per heavy atom. The van der Waals surface area contributed by atoms with Gasteiger partial charge >= 0.3 is 0 Å². The minimum Gasteiger partial charge on any atom is -0.310 e. The van der Waals surface area contributed by atoms with Crippen molar-refractivity contribution in [2.24, 2.45) is 0 Å². The maximum absolute atomic E-state index is 13.6. The van der Waals surface area contributed by atoms with E-state index in [1.54, 1.807) is 12.1 Å². The minimum absolute atomic E-state index is 0.188. The zero-order valence-corrected chi connectivity index (χ0v) is 12.7. The molecule has 4 heteroatoms. The number of hydrogen-bond acceptors (Lipinski definition) is 1. The molecule has 0 aliphatic carbocycles. The average molecular weight is 312 g/mol. The monoisotopic (exact) mass is 311 g/mol. The van der Waals surface area contributed by atoms with E-state index >= 15 is 0 Å². The third-order valence-corrected chi connectivity index (χ3v) is 3.74. The van der Waals surface area contributed by atoms with E-state index in [2.05, 4.69) is 5.32 Å². The van der Waals surface area contributed by atoms with Crippen LogP contribution in [0.15, 0.2) is 42.5 Å². The van der Waals surface area contributed by atoms with Gasteiger partial charge in [0.05, 0.1) is 0 Å². The van der Waals surface area contributed by atoms with Gasteiger partial charge in [-0.05, 0) is 43.2 Å². The van der Waals surface area contributed by atoms with Gasteiger partial charge in [0.2, 0.25) is 0 Å². The molecule has 1 unspecified atom stereocenters. The molecule has 1 atom stereocenters. The summed E-state index contributed by atoms with van der Waals surface area (Å²) in [6.45, 7) is 2.49. The summed E-state index contributed by atoms with van der Waals surface area (Å²) < 4.78 is 13.6. The maximum atomic E-state index is 13.6. The van der Waals surface area contributed by atoms with E-state index in [9.17, 15) is 4.39 Å². The normalized spacial score (nSPS) is 12.4. The molecule has 0 amide bonds. The molecular formula is C16H16Cl2FN. The second-order valence-corrected chi connectivity index (χ2v) is 5.66. The molecule has 0 saturated heterocycles. The Morgan fingerprint density at radius 2 is 1.85 bits per heavy atom. The highest BCUT2D eigenvalue weighted by Gasteiger charge is 2.08. The topological polar surface area (TPSA) is 12.0 Å². The third kappa shape index (κ3) is 4.20. The van der Waals surface area contributed by atoms with Crippen molar-refractivity contribution in [1.82, 2.24) is 5.32 Å². The first-order valence-electron chi connectivity index (χ1n) is 6.47. The predicted molar refractivity (Wildman–Crippen MR) is 82.9 cm³/mol. The van der Waals surface area contributed by atoms with Gasteiger partial charge in [0.15, 0.2) is 0 Å². The Kier molecular flexibility index (Phi) is 5.41. The van der Waals surface area contributed by atoms with E-state index in [-0.39, 0.29) is 11.9 Å². The van der Waals surface area contributed by atoms with Gasteiger partial charge in [-0.2, -0.15) is 0 Å². The van der Waals surface area contributed by atoms with Gasteiger partial charge < -0.3 is 5.32 Å². The molecule has 0 aromatic heterocycles. The van der Waals surface area contributed by atoms with Gasteiger partial charge in [-0.1, -0.05) is 41.4 Å². The summed E-state index contributed by atoms with van der Waals surface area (Å²) in [7, 11) is 0. The van der Waals surface area contributed by atoms with Crippen LogP contribution in [0.1, 0.15) is 18.1 Å². The number of halogens is 3. The Hall–Kier alpha value is -1.09. The standard InChI is InChI=1S/C16H16Cl2FN/c1-11(8-12-4-2-3-5-15(12)18)20-10-13-9-14(17)6-7-16(13)19/h2-7,9,11,20H,8,10H2,1H3. The van der Waals surface area contributed by atoms with Gasteiger partial charge in [-0.3, -0.25) is 0 Å². The summed E-state index contributed by atoms with van der Waals surface area (Å²) in [6.07, 6.45) is 0.794. The van der Waals surface area contributed by atoms with Crippen LogP contribution in [-0.4, -0.2) is 6.04 Å². The molecule has 0 fully saturated rings. The van der Waals surface area contributed by atoms with Crippen LogP contribution >= 0.6 is 23.2 Å². The summed E-state index contributed by atoms with van der Waals surface area (Å²) in [4.78, 5) is 0. The van der Waals surface area contributed by atoms with E-state index in [1.165, 1.54) is 6.07 Å². The van der Waals surface area contributed by atoms with Gasteiger partial charge in [-0.15, -0.1) is 0 Å². The van der Waals surface area contributed by atoms with Crippen molar-refractivity contribution in [3.05, 3.63) is 69.5 Å². The molecule has 2 aromatic carbocycles. The zero-order chi connectivity index (χ0) is 14.5. The molecular weight excluding hydrogens is 296 g/mol. The lowest BCUT2D eigenvalue weighted by Crippen LogP contribution is -2.28. The van der Waals surface area contributed by atoms with Crippen LogP contribution in [0, 0.1) is 5.82 Å². The molecule has 0 radical (unpaired) electrons. The zero-order valence-electron chi connectivity index (χ0n) is 11.2. The molecule has 20 heavy (non-hydrogen) atoms. The Balaban J connectivity index is 1.94. The lowest BCUT2D eigenvalue weighted by Gasteiger charge is -2.15. The second-order valence-electron chi connectivity index (χ2n) is 4.81. The van der Waals surface area contributed by atoms with Gasteiger partial charge in [0.1, 0.15) is 5.82 Å². The first-order chi connectivity index (χ1) is 9.56. The van der Waals surface area contributed by atoms with Crippen LogP contribution in [0.5, 0.6) is 0 Å². The fraction of sp³-hybridized carbons (Fsp3) is 0.250. The van der Waals surface area contributed by atoms with Gasteiger partial charge in [0, 0.05) is 28.2 Å². The maximum Gasteiger partial charge on any atom is 0.127 e. The van der Waals surface area contributed by atoms with Crippen molar-refractivity contribution in [2.45, 2.75) is 25.9 Å². The van der Waals surface area contributed by atoms with Crippen molar-refractivity contribution in [3.63, 3.8) is 0 Å².